The molecule has 3 amide bonds. The van der Waals surface area contributed by atoms with Gasteiger partial charge in [0, 0.05) is 37.3 Å². The topological polar surface area (TPSA) is 112 Å². The molecule has 10 heteroatoms. The van der Waals surface area contributed by atoms with Crippen molar-refractivity contribution in [1.82, 2.24) is 24.3 Å². The van der Waals surface area contributed by atoms with Crippen molar-refractivity contribution in [1.29, 1.82) is 0 Å². The molecule has 5 heterocycles. The summed E-state index contributed by atoms with van der Waals surface area (Å²) in [6.45, 7) is 5.56. The Kier molecular flexibility index (Phi) is 6.73. The number of likely N-dealkylation sites (tertiary alicyclic amines) is 2. The van der Waals surface area contributed by atoms with Crippen molar-refractivity contribution in [2.24, 2.45) is 5.41 Å². The van der Waals surface area contributed by atoms with Gasteiger partial charge in [-0.1, -0.05) is 31.2 Å². The van der Waals surface area contributed by atoms with E-state index >= 15 is 0 Å². The van der Waals surface area contributed by atoms with E-state index in [1.165, 1.54) is 0 Å². The molecule has 0 spiro atoms. The highest BCUT2D eigenvalue weighted by atomic mass is 16.2. The zero-order valence-electron chi connectivity index (χ0n) is 24.2. The fourth-order valence-corrected chi connectivity index (χ4v) is 6.90. The van der Waals surface area contributed by atoms with E-state index in [1.807, 2.05) is 45.9 Å². The van der Waals surface area contributed by atoms with Gasteiger partial charge in [-0.05, 0) is 80.7 Å². The molecule has 0 bridgehead atoms. The smallest absolute Gasteiger partial charge is 0.326 e. The van der Waals surface area contributed by atoms with Crippen LogP contribution in [0.4, 0.5) is 5.82 Å². The highest BCUT2D eigenvalue weighted by Gasteiger charge is 2.41. The number of benzene rings is 2. The van der Waals surface area contributed by atoms with Gasteiger partial charge in [-0.25, -0.2) is 14.7 Å². The number of aromatic nitrogens is 3. The Morgan fingerprint density at radius 1 is 0.907 bits per heavy atom. The number of rotatable bonds is 5. The van der Waals surface area contributed by atoms with Gasteiger partial charge in [0.15, 0.2) is 0 Å². The van der Waals surface area contributed by atoms with Gasteiger partial charge in [-0.15, -0.1) is 0 Å². The first kappa shape index (κ1) is 27.3. The van der Waals surface area contributed by atoms with Crippen LogP contribution in [0.15, 0.2) is 71.7 Å². The normalized spacial score (nSPS) is 19.3. The molecule has 7 rings (SSSR count). The maximum Gasteiger partial charge on any atom is 0.326 e. The maximum atomic E-state index is 13.7. The number of piperidine rings is 2. The number of fused-ring (bicyclic) bond motifs is 2. The number of H-pyrrole nitrogens is 1. The molecule has 220 valence electrons. The minimum absolute atomic E-state index is 0.0768. The zero-order valence-corrected chi connectivity index (χ0v) is 24.2. The van der Waals surface area contributed by atoms with Crippen LogP contribution in [0.1, 0.15) is 64.9 Å². The number of pyridine rings is 1. The molecule has 2 aromatic carbocycles. The number of para-hydroxylation sites is 2. The van der Waals surface area contributed by atoms with Crippen LogP contribution in [0, 0.1) is 5.41 Å². The van der Waals surface area contributed by atoms with E-state index < -0.39 is 5.41 Å². The number of imide groups is 1. The molecule has 2 saturated heterocycles. The summed E-state index contributed by atoms with van der Waals surface area (Å²) in [5.74, 6) is -0.169. The second kappa shape index (κ2) is 10.6. The zero-order chi connectivity index (χ0) is 29.7. The van der Waals surface area contributed by atoms with Crippen LogP contribution in [0.25, 0.3) is 11.0 Å². The summed E-state index contributed by atoms with van der Waals surface area (Å²) >= 11 is 0. The van der Waals surface area contributed by atoms with Crippen molar-refractivity contribution in [2.45, 2.75) is 45.2 Å². The van der Waals surface area contributed by atoms with Gasteiger partial charge in [-0.3, -0.25) is 23.9 Å². The SMILES string of the molecule is CC1(C(=O)N2CCC(n3c(=O)[nH]c4ccccc43)CC2)CCN(Cc2ccnc(N3C(=O)c4ccccc4C3=O)c2)CC1. The summed E-state index contributed by atoms with van der Waals surface area (Å²) in [6, 6.07) is 18.4. The van der Waals surface area contributed by atoms with Crippen LogP contribution in [0.3, 0.4) is 0 Å². The number of aromatic amines is 1. The third-order valence-electron chi connectivity index (χ3n) is 9.46. The average molecular weight is 579 g/mol. The van der Waals surface area contributed by atoms with Crippen LogP contribution < -0.4 is 10.6 Å². The summed E-state index contributed by atoms with van der Waals surface area (Å²) < 4.78 is 1.86. The number of amides is 3. The Balaban J connectivity index is 0.960. The van der Waals surface area contributed by atoms with E-state index in [9.17, 15) is 19.2 Å². The monoisotopic (exact) mass is 578 g/mol. The van der Waals surface area contributed by atoms with Crippen LogP contribution >= 0.6 is 0 Å². The van der Waals surface area contributed by atoms with E-state index in [0.717, 1.165) is 60.3 Å². The second-order valence-electron chi connectivity index (χ2n) is 12.2. The molecular formula is C33H34N6O4. The van der Waals surface area contributed by atoms with Crippen LogP contribution in [0.5, 0.6) is 0 Å². The molecule has 43 heavy (non-hydrogen) atoms. The lowest BCUT2D eigenvalue weighted by Gasteiger charge is -2.43. The third-order valence-corrected chi connectivity index (χ3v) is 9.46. The first-order valence-corrected chi connectivity index (χ1v) is 15.0. The van der Waals surface area contributed by atoms with Crippen LogP contribution in [-0.2, 0) is 11.3 Å². The molecule has 0 unspecified atom stereocenters. The van der Waals surface area contributed by atoms with Gasteiger partial charge in [0.1, 0.15) is 5.82 Å². The summed E-state index contributed by atoms with van der Waals surface area (Å²) in [7, 11) is 0. The van der Waals surface area contributed by atoms with E-state index in [-0.39, 0.29) is 29.5 Å². The number of imidazole rings is 1. The second-order valence-corrected chi connectivity index (χ2v) is 12.2. The highest BCUT2D eigenvalue weighted by Crippen LogP contribution is 2.36. The number of hydrogen-bond acceptors (Lipinski definition) is 6. The minimum atomic E-state index is -0.426. The van der Waals surface area contributed by atoms with Crippen molar-refractivity contribution in [3.05, 3.63) is 94.0 Å². The molecule has 0 saturated carbocycles. The Morgan fingerprint density at radius 2 is 1.56 bits per heavy atom. The molecule has 10 nitrogen and oxygen atoms in total. The highest BCUT2D eigenvalue weighted by molar-refractivity contribution is 6.34. The minimum Gasteiger partial charge on any atom is -0.342 e. The largest absolute Gasteiger partial charge is 0.342 e. The Morgan fingerprint density at radius 3 is 2.26 bits per heavy atom. The Hall–Kier alpha value is -4.57. The van der Waals surface area contributed by atoms with Crippen LogP contribution in [-0.4, -0.2) is 68.2 Å². The third kappa shape index (κ3) is 4.75. The predicted octanol–water partition coefficient (Wildman–Crippen LogP) is 3.99. The van der Waals surface area contributed by atoms with E-state index in [4.69, 9.17) is 0 Å². The molecule has 2 aromatic heterocycles. The van der Waals surface area contributed by atoms with E-state index in [1.54, 1.807) is 30.5 Å². The fourth-order valence-electron chi connectivity index (χ4n) is 6.90. The summed E-state index contributed by atoms with van der Waals surface area (Å²) in [6.07, 6.45) is 4.66. The lowest BCUT2D eigenvalue weighted by molar-refractivity contribution is -0.145. The summed E-state index contributed by atoms with van der Waals surface area (Å²) in [5, 5.41) is 0. The molecule has 0 aliphatic carbocycles. The van der Waals surface area contributed by atoms with Crippen molar-refractivity contribution in [3.8, 4) is 0 Å². The number of carbonyl (C=O) groups is 3. The van der Waals surface area contributed by atoms with Gasteiger partial charge < -0.3 is 9.88 Å². The molecular weight excluding hydrogens is 544 g/mol. The number of nitrogens with one attached hydrogen (secondary N) is 1. The number of nitrogens with zero attached hydrogens (tertiary/aromatic N) is 5. The van der Waals surface area contributed by atoms with Gasteiger partial charge in [0.25, 0.3) is 11.8 Å². The number of hydrogen-bond donors (Lipinski definition) is 1. The summed E-state index contributed by atoms with van der Waals surface area (Å²) in [4.78, 5) is 65.0. The van der Waals surface area contributed by atoms with E-state index in [0.29, 0.717) is 36.6 Å². The number of anilines is 1. The molecule has 0 radical (unpaired) electrons. The van der Waals surface area contributed by atoms with Crippen molar-refractivity contribution in [3.63, 3.8) is 0 Å². The molecule has 4 aromatic rings. The summed E-state index contributed by atoms with van der Waals surface area (Å²) in [5.41, 5.74) is 3.01. The quantitative estimate of drug-likeness (QED) is 0.359. The average Bonchev–Trinajstić information content (AvgIpc) is 3.50. The van der Waals surface area contributed by atoms with Crippen molar-refractivity contribution >= 4 is 34.6 Å². The molecule has 1 N–H and O–H groups in total. The Labute approximate surface area is 248 Å². The maximum absolute atomic E-state index is 13.7. The molecule has 0 atom stereocenters. The fraction of sp³-hybridized carbons (Fsp3) is 0.364. The Bertz CT molecular complexity index is 1760. The van der Waals surface area contributed by atoms with E-state index in [2.05, 4.69) is 21.8 Å². The van der Waals surface area contributed by atoms with Crippen molar-refractivity contribution < 1.29 is 14.4 Å². The standard InChI is InChI=1S/C33H34N6O4/c1-33(31(42)37-16-11-23(12-17-37)38-27-9-5-4-8-26(27)35-32(38)43)13-18-36(19-14-33)21-22-10-15-34-28(20-22)39-29(40)24-6-2-3-7-25(24)30(39)41/h2-10,15,20,23H,11-14,16-19,21H2,1H3,(H,35,43). The van der Waals surface area contributed by atoms with Gasteiger partial charge in [0.2, 0.25) is 5.91 Å². The predicted molar refractivity (Wildman–Crippen MR) is 162 cm³/mol. The lowest BCUT2D eigenvalue weighted by Crippen LogP contribution is -2.51. The van der Waals surface area contributed by atoms with Crippen LogP contribution in [0.2, 0.25) is 0 Å². The molecule has 3 aliphatic heterocycles. The lowest BCUT2D eigenvalue weighted by atomic mass is 9.78. The number of carbonyl (C=O) groups excluding carboxylic acids is 3. The van der Waals surface area contributed by atoms with Crippen molar-refractivity contribution in [2.75, 3.05) is 31.1 Å². The first-order chi connectivity index (χ1) is 20.8. The molecule has 3 aliphatic rings. The van der Waals surface area contributed by atoms with Gasteiger partial charge in [0.05, 0.1) is 22.2 Å². The van der Waals surface area contributed by atoms with Gasteiger partial charge >= 0.3 is 5.69 Å². The first-order valence-electron chi connectivity index (χ1n) is 15.0. The van der Waals surface area contributed by atoms with Gasteiger partial charge in [-0.2, -0.15) is 0 Å². The molecule has 2 fully saturated rings.